The molecule has 0 heterocycles. The fraction of sp³-hybridized carbons (Fsp3) is 0.409. The van der Waals surface area contributed by atoms with E-state index >= 15 is 0 Å². The lowest BCUT2D eigenvalue weighted by Gasteiger charge is -2.27. The number of nitrogens with one attached hydrogen (secondary N) is 1. The van der Waals surface area contributed by atoms with Gasteiger partial charge in [0.05, 0.1) is 0 Å². The zero-order chi connectivity index (χ0) is 18.4. The monoisotopic (exact) mass is 357 g/mol. The van der Waals surface area contributed by atoms with Crippen molar-refractivity contribution in [2.24, 2.45) is 5.92 Å². The Labute approximate surface area is 153 Å². The van der Waals surface area contributed by atoms with Gasteiger partial charge in [-0.05, 0) is 36.1 Å². The third-order valence-electron chi connectivity index (χ3n) is 5.17. The second-order valence-electron chi connectivity index (χ2n) is 7.06. The van der Waals surface area contributed by atoms with Crippen LogP contribution in [-0.4, -0.2) is 11.8 Å². The molecule has 4 heteroatoms. The first kappa shape index (κ1) is 18.6. The number of alkyl halides is 2. The number of halogens is 2. The summed E-state index contributed by atoms with van der Waals surface area (Å²) in [6, 6.07) is 16.8. The molecule has 3 rings (SSSR count). The van der Waals surface area contributed by atoms with Crippen LogP contribution in [0.5, 0.6) is 0 Å². The van der Waals surface area contributed by atoms with Crippen LogP contribution in [0.25, 0.3) is 11.1 Å². The van der Waals surface area contributed by atoms with E-state index in [4.69, 9.17) is 0 Å². The highest BCUT2D eigenvalue weighted by atomic mass is 19.3. The predicted octanol–water partition coefficient (Wildman–Crippen LogP) is 6.29. The van der Waals surface area contributed by atoms with Crippen LogP contribution in [0.4, 0.5) is 14.5 Å². The van der Waals surface area contributed by atoms with E-state index in [1.807, 2.05) is 42.5 Å². The lowest BCUT2D eigenvalue weighted by molar-refractivity contribution is -0.149. The standard InChI is InChI=1S/C22H25F2NO/c23-22(24,19-11-7-2-1-3-8-12-19)21(26)25-20-15-13-18(14-16-20)17-9-5-4-6-10-17/h4-6,9-10,13-16,19H,1-3,7-8,11-12H2,(H,25,26). The summed E-state index contributed by atoms with van der Waals surface area (Å²) in [5.74, 6) is -5.36. The Morgan fingerprint density at radius 2 is 1.35 bits per heavy atom. The molecule has 0 saturated heterocycles. The number of benzene rings is 2. The van der Waals surface area contributed by atoms with Gasteiger partial charge in [0, 0.05) is 11.6 Å². The lowest BCUT2D eigenvalue weighted by Crippen LogP contribution is -2.41. The van der Waals surface area contributed by atoms with Crippen LogP contribution >= 0.6 is 0 Å². The molecule has 26 heavy (non-hydrogen) atoms. The molecule has 1 aliphatic rings. The second kappa shape index (κ2) is 8.43. The Balaban J connectivity index is 1.66. The number of hydrogen-bond acceptors (Lipinski definition) is 1. The normalized spacial score (nSPS) is 16.5. The molecule has 1 amide bonds. The van der Waals surface area contributed by atoms with Gasteiger partial charge in [0.2, 0.25) is 0 Å². The second-order valence-corrected chi connectivity index (χ2v) is 7.06. The Bertz CT molecular complexity index is 705. The summed E-state index contributed by atoms with van der Waals surface area (Å²) in [6.45, 7) is 0. The molecular formula is C22H25F2NO. The number of carbonyl (C=O) groups is 1. The van der Waals surface area contributed by atoms with Crippen LogP contribution in [0.1, 0.15) is 44.9 Å². The first-order chi connectivity index (χ1) is 12.6. The third kappa shape index (κ3) is 4.48. The molecule has 1 fully saturated rings. The van der Waals surface area contributed by atoms with Crippen molar-refractivity contribution < 1.29 is 13.6 Å². The largest absolute Gasteiger partial charge is 0.327 e. The van der Waals surface area contributed by atoms with Crippen LogP contribution in [0, 0.1) is 5.92 Å². The van der Waals surface area contributed by atoms with Gasteiger partial charge in [-0.3, -0.25) is 4.79 Å². The molecule has 0 atom stereocenters. The minimum atomic E-state index is -3.32. The van der Waals surface area contributed by atoms with Crippen LogP contribution in [0.2, 0.25) is 0 Å². The fourth-order valence-electron chi connectivity index (χ4n) is 3.60. The van der Waals surface area contributed by atoms with Gasteiger partial charge in [0.25, 0.3) is 5.91 Å². The van der Waals surface area contributed by atoms with Gasteiger partial charge in [0.1, 0.15) is 0 Å². The van der Waals surface area contributed by atoms with E-state index < -0.39 is 17.7 Å². The van der Waals surface area contributed by atoms with Crippen molar-refractivity contribution in [3.05, 3.63) is 54.6 Å². The van der Waals surface area contributed by atoms with Crippen LogP contribution in [0.3, 0.4) is 0 Å². The van der Waals surface area contributed by atoms with Gasteiger partial charge in [-0.2, -0.15) is 8.78 Å². The first-order valence-electron chi connectivity index (χ1n) is 9.42. The maximum Gasteiger partial charge on any atom is 0.327 e. The Morgan fingerprint density at radius 1 is 0.808 bits per heavy atom. The number of carbonyl (C=O) groups excluding carboxylic acids is 1. The quantitative estimate of drug-likeness (QED) is 0.685. The van der Waals surface area contributed by atoms with Gasteiger partial charge >= 0.3 is 5.92 Å². The van der Waals surface area contributed by atoms with Crippen molar-refractivity contribution in [2.45, 2.75) is 50.9 Å². The summed E-state index contributed by atoms with van der Waals surface area (Å²) in [5.41, 5.74) is 2.43. The van der Waals surface area contributed by atoms with E-state index in [1.165, 1.54) is 0 Å². The van der Waals surface area contributed by atoms with Gasteiger partial charge in [-0.15, -0.1) is 0 Å². The topological polar surface area (TPSA) is 29.1 Å². The molecule has 0 unspecified atom stereocenters. The van der Waals surface area contributed by atoms with E-state index in [0.29, 0.717) is 18.5 Å². The number of rotatable bonds is 4. The summed E-state index contributed by atoms with van der Waals surface area (Å²) in [5, 5.41) is 2.41. The SMILES string of the molecule is O=C(Nc1ccc(-c2ccccc2)cc1)C(F)(F)C1CCCCCCC1. The number of hydrogen-bond donors (Lipinski definition) is 1. The van der Waals surface area contributed by atoms with Crippen LogP contribution < -0.4 is 5.32 Å². The van der Waals surface area contributed by atoms with Crippen molar-refractivity contribution in [1.29, 1.82) is 0 Å². The van der Waals surface area contributed by atoms with Crippen molar-refractivity contribution in [2.75, 3.05) is 5.32 Å². The highest BCUT2D eigenvalue weighted by Gasteiger charge is 2.46. The van der Waals surface area contributed by atoms with Gasteiger partial charge < -0.3 is 5.32 Å². The molecule has 1 saturated carbocycles. The summed E-state index contributed by atoms with van der Waals surface area (Å²) >= 11 is 0. The van der Waals surface area contributed by atoms with E-state index in [1.54, 1.807) is 12.1 Å². The van der Waals surface area contributed by atoms with Crippen LogP contribution in [-0.2, 0) is 4.79 Å². The molecule has 0 bridgehead atoms. The van der Waals surface area contributed by atoms with Gasteiger partial charge in [-0.25, -0.2) is 0 Å². The Kier molecular flexibility index (Phi) is 6.02. The van der Waals surface area contributed by atoms with Gasteiger partial charge in [0.15, 0.2) is 0 Å². The fourth-order valence-corrected chi connectivity index (χ4v) is 3.60. The summed E-state index contributed by atoms with van der Waals surface area (Å²) in [7, 11) is 0. The molecule has 1 N–H and O–H groups in total. The van der Waals surface area contributed by atoms with Crippen LogP contribution in [0.15, 0.2) is 54.6 Å². The molecule has 2 nitrogen and oxygen atoms in total. The lowest BCUT2D eigenvalue weighted by atomic mass is 9.86. The average Bonchev–Trinajstić information content (AvgIpc) is 2.62. The van der Waals surface area contributed by atoms with E-state index in [2.05, 4.69) is 5.32 Å². The zero-order valence-corrected chi connectivity index (χ0v) is 14.9. The predicted molar refractivity (Wildman–Crippen MR) is 101 cm³/mol. The maximum atomic E-state index is 14.6. The molecule has 2 aromatic carbocycles. The van der Waals surface area contributed by atoms with Crippen molar-refractivity contribution in [1.82, 2.24) is 0 Å². The van der Waals surface area contributed by atoms with Crippen molar-refractivity contribution in [3.8, 4) is 11.1 Å². The van der Waals surface area contributed by atoms with E-state index in [-0.39, 0.29) is 0 Å². The average molecular weight is 357 g/mol. The Hall–Kier alpha value is -2.23. The summed E-state index contributed by atoms with van der Waals surface area (Å²) < 4.78 is 29.3. The van der Waals surface area contributed by atoms with E-state index in [0.717, 1.165) is 43.2 Å². The minimum absolute atomic E-state index is 0.403. The number of anilines is 1. The van der Waals surface area contributed by atoms with Crippen molar-refractivity contribution in [3.63, 3.8) is 0 Å². The molecule has 2 aromatic rings. The van der Waals surface area contributed by atoms with Gasteiger partial charge in [-0.1, -0.05) is 74.6 Å². The highest BCUT2D eigenvalue weighted by molar-refractivity contribution is 5.96. The van der Waals surface area contributed by atoms with E-state index in [9.17, 15) is 13.6 Å². The smallest absolute Gasteiger partial charge is 0.321 e. The maximum absolute atomic E-state index is 14.6. The summed E-state index contributed by atoms with van der Waals surface area (Å²) in [4.78, 5) is 12.2. The molecule has 0 aliphatic heterocycles. The molecule has 0 spiro atoms. The summed E-state index contributed by atoms with van der Waals surface area (Å²) in [6.07, 6.45) is 5.47. The van der Waals surface area contributed by atoms with Crippen molar-refractivity contribution >= 4 is 11.6 Å². The number of amides is 1. The Morgan fingerprint density at radius 3 is 1.96 bits per heavy atom. The molecule has 138 valence electrons. The zero-order valence-electron chi connectivity index (χ0n) is 14.9. The third-order valence-corrected chi connectivity index (χ3v) is 5.17. The molecular weight excluding hydrogens is 332 g/mol. The highest BCUT2D eigenvalue weighted by Crippen LogP contribution is 2.36. The molecule has 0 aromatic heterocycles. The molecule has 1 aliphatic carbocycles. The minimum Gasteiger partial charge on any atom is -0.321 e. The molecule has 0 radical (unpaired) electrons. The first-order valence-corrected chi connectivity index (χ1v) is 9.42.